The fourth-order valence-electron chi connectivity index (χ4n) is 5.93. The molecule has 0 radical (unpaired) electrons. The van der Waals surface area contributed by atoms with Gasteiger partial charge in [0.15, 0.2) is 0 Å². The highest BCUT2D eigenvalue weighted by atomic mass is 16.5. The first kappa shape index (κ1) is 42.6. The van der Waals surface area contributed by atoms with Crippen molar-refractivity contribution in [2.24, 2.45) is 0 Å². The number of hydrogen-bond donors (Lipinski definition) is 0. The molecule has 0 bridgehead atoms. The van der Waals surface area contributed by atoms with Crippen molar-refractivity contribution in [2.45, 2.75) is 136 Å². The minimum Gasteiger partial charge on any atom is -0.494 e. The first-order chi connectivity index (χ1) is 24.5. The molecular weight excluding hydrogens is 630 g/mol. The molecule has 0 aliphatic rings. The second-order valence-electron chi connectivity index (χ2n) is 13.0. The lowest BCUT2D eigenvalue weighted by Crippen LogP contribution is -2.40. The van der Waals surface area contributed by atoms with Crippen molar-refractivity contribution in [1.29, 1.82) is 0 Å². The van der Waals surface area contributed by atoms with Crippen LogP contribution in [0.25, 0.3) is 0 Å². The average Bonchev–Trinajstić information content (AvgIpc) is 3.12. The van der Waals surface area contributed by atoms with E-state index < -0.39 is 17.8 Å². The van der Waals surface area contributed by atoms with Crippen molar-refractivity contribution in [3.63, 3.8) is 0 Å². The second-order valence-corrected chi connectivity index (χ2v) is 13.0. The van der Waals surface area contributed by atoms with E-state index in [1.165, 1.54) is 95.5 Å². The summed E-state index contributed by atoms with van der Waals surface area (Å²) in [5, 5.41) is 0. The Morgan fingerprint density at radius 3 is 1.58 bits per heavy atom. The zero-order valence-corrected chi connectivity index (χ0v) is 31.4. The van der Waals surface area contributed by atoms with Crippen LogP contribution in [0.4, 0.5) is 0 Å². The number of benzene rings is 2. The average molecular weight is 696 g/mol. The van der Waals surface area contributed by atoms with E-state index in [9.17, 15) is 14.4 Å². The summed E-state index contributed by atoms with van der Waals surface area (Å²) >= 11 is 0. The molecular formula is C42H65NO7. The van der Waals surface area contributed by atoms with Crippen LogP contribution in [-0.4, -0.2) is 62.3 Å². The number of carbonyl (C=O) groups is 3. The van der Waals surface area contributed by atoms with Gasteiger partial charge in [0.2, 0.25) is 0 Å². The van der Waals surface area contributed by atoms with Gasteiger partial charge in [0, 0.05) is 0 Å². The van der Waals surface area contributed by atoms with Crippen molar-refractivity contribution in [3.8, 4) is 11.5 Å². The Kier molecular flexibility index (Phi) is 24.0. The van der Waals surface area contributed by atoms with Gasteiger partial charge in [-0.1, -0.05) is 134 Å². The van der Waals surface area contributed by atoms with Crippen LogP contribution < -0.4 is 9.47 Å². The van der Waals surface area contributed by atoms with E-state index in [1.54, 1.807) is 32.0 Å². The molecule has 280 valence electrons. The number of ether oxygens (including phenoxy) is 4. The Labute approximate surface area is 302 Å². The molecule has 50 heavy (non-hydrogen) atoms. The number of carbonyl (C=O) groups excluding carboxylic acids is 3. The standard InChI is InChI=1S/C42H65NO7/c1-4-7-8-9-10-11-12-13-14-15-16-17-18-19-20-24-31-49-37-29-30-39(50-32-25-28-36-26-22-21-23-27-36)38(33-37)42(46)43(34-40(44)47-5-2)35-41(45)48-6-3/h21-23,26-27,29-30,33H,4-20,24-25,28,31-32,34-35H2,1-3H3. The van der Waals surface area contributed by atoms with E-state index in [4.69, 9.17) is 18.9 Å². The molecule has 1 amide bonds. The summed E-state index contributed by atoms with van der Waals surface area (Å²) in [6.07, 6.45) is 22.5. The lowest BCUT2D eigenvalue weighted by molar-refractivity contribution is -0.147. The van der Waals surface area contributed by atoms with Crippen molar-refractivity contribution in [3.05, 3.63) is 59.7 Å². The quantitative estimate of drug-likeness (QED) is 0.0593. The Bertz CT molecular complexity index is 1170. The van der Waals surface area contributed by atoms with Crippen molar-refractivity contribution in [1.82, 2.24) is 4.90 Å². The number of aryl methyl sites for hydroxylation is 1. The molecule has 0 aliphatic heterocycles. The summed E-state index contributed by atoms with van der Waals surface area (Å²) in [6.45, 7) is 6.15. The van der Waals surface area contributed by atoms with E-state index in [2.05, 4.69) is 19.1 Å². The van der Waals surface area contributed by atoms with Crippen molar-refractivity contribution < 1.29 is 33.3 Å². The minimum absolute atomic E-state index is 0.165. The minimum atomic E-state index is -0.605. The smallest absolute Gasteiger partial charge is 0.325 e. The predicted molar refractivity (Wildman–Crippen MR) is 201 cm³/mol. The van der Waals surface area contributed by atoms with Crippen LogP contribution in [0.5, 0.6) is 11.5 Å². The summed E-state index contributed by atoms with van der Waals surface area (Å²) in [7, 11) is 0. The molecule has 0 unspecified atom stereocenters. The van der Waals surface area contributed by atoms with Gasteiger partial charge in [0.05, 0.1) is 32.0 Å². The Balaban J connectivity index is 1.86. The van der Waals surface area contributed by atoms with Crippen molar-refractivity contribution >= 4 is 17.8 Å². The zero-order chi connectivity index (χ0) is 36.1. The largest absolute Gasteiger partial charge is 0.494 e. The van der Waals surface area contributed by atoms with Gasteiger partial charge in [0.25, 0.3) is 5.91 Å². The normalized spacial score (nSPS) is 10.9. The van der Waals surface area contributed by atoms with E-state index >= 15 is 0 Å². The number of amides is 1. The highest BCUT2D eigenvalue weighted by molar-refractivity contribution is 6.00. The van der Waals surface area contributed by atoms with Gasteiger partial charge in [-0.15, -0.1) is 0 Å². The maximum atomic E-state index is 13.9. The summed E-state index contributed by atoms with van der Waals surface area (Å²) < 4.78 is 22.3. The molecule has 8 nitrogen and oxygen atoms in total. The Hall–Kier alpha value is -3.55. The van der Waals surface area contributed by atoms with Crippen LogP contribution in [0, 0.1) is 0 Å². The summed E-state index contributed by atoms with van der Waals surface area (Å²) in [5.41, 5.74) is 1.43. The Morgan fingerprint density at radius 2 is 1.06 bits per heavy atom. The van der Waals surface area contributed by atoms with Gasteiger partial charge in [-0.2, -0.15) is 0 Å². The van der Waals surface area contributed by atoms with Gasteiger partial charge in [-0.3, -0.25) is 14.4 Å². The molecule has 0 saturated heterocycles. The maximum absolute atomic E-state index is 13.9. The molecule has 2 aromatic carbocycles. The maximum Gasteiger partial charge on any atom is 0.325 e. The first-order valence-corrected chi connectivity index (χ1v) is 19.5. The van der Waals surface area contributed by atoms with Gasteiger partial charge in [0.1, 0.15) is 24.6 Å². The third-order valence-corrected chi connectivity index (χ3v) is 8.70. The first-order valence-electron chi connectivity index (χ1n) is 19.5. The molecule has 0 fully saturated rings. The Morgan fingerprint density at radius 1 is 0.560 bits per heavy atom. The molecule has 2 rings (SSSR count). The third kappa shape index (κ3) is 19.6. The van der Waals surface area contributed by atoms with Crippen LogP contribution in [-0.2, 0) is 25.5 Å². The van der Waals surface area contributed by atoms with E-state index in [0.717, 1.165) is 30.6 Å². The fraction of sp³-hybridized carbons (Fsp3) is 0.643. The third-order valence-electron chi connectivity index (χ3n) is 8.70. The summed E-state index contributed by atoms with van der Waals surface area (Å²) in [4.78, 5) is 39.8. The molecule has 2 aromatic rings. The van der Waals surface area contributed by atoms with Gasteiger partial charge >= 0.3 is 11.9 Å². The summed E-state index contributed by atoms with van der Waals surface area (Å²) in [6, 6.07) is 15.3. The van der Waals surface area contributed by atoms with E-state index in [-0.39, 0.29) is 31.9 Å². The molecule has 0 N–H and O–H groups in total. The number of unbranched alkanes of at least 4 members (excludes halogenated alkanes) is 15. The predicted octanol–water partition coefficient (Wildman–Crippen LogP) is 9.91. The van der Waals surface area contributed by atoms with Crippen LogP contribution in [0.2, 0.25) is 0 Å². The van der Waals surface area contributed by atoms with Crippen LogP contribution in [0.1, 0.15) is 146 Å². The van der Waals surface area contributed by atoms with Gasteiger partial charge in [-0.25, -0.2) is 0 Å². The molecule has 8 heteroatoms. The fourth-order valence-corrected chi connectivity index (χ4v) is 5.93. The molecule has 0 spiro atoms. The monoisotopic (exact) mass is 695 g/mol. The van der Waals surface area contributed by atoms with Crippen molar-refractivity contribution in [2.75, 3.05) is 39.5 Å². The highest BCUT2D eigenvalue weighted by Crippen LogP contribution is 2.27. The van der Waals surface area contributed by atoms with Crippen LogP contribution >= 0.6 is 0 Å². The number of hydrogen-bond acceptors (Lipinski definition) is 7. The van der Waals surface area contributed by atoms with E-state index in [1.807, 2.05) is 18.2 Å². The summed E-state index contributed by atoms with van der Waals surface area (Å²) in [5.74, 6) is -0.830. The van der Waals surface area contributed by atoms with Crippen LogP contribution in [0.15, 0.2) is 48.5 Å². The SMILES string of the molecule is CCCCCCCCCCCCCCCCCCOc1ccc(OCCCc2ccccc2)c(C(=O)N(CC(=O)OCC)CC(=O)OCC)c1. The van der Waals surface area contributed by atoms with Gasteiger partial charge in [-0.05, 0) is 56.9 Å². The van der Waals surface area contributed by atoms with Gasteiger partial charge < -0.3 is 23.8 Å². The topological polar surface area (TPSA) is 91.4 Å². The molecule has 0 atom stereocenters. The molecule has 0 aromatic heterocycles. The number of esters is 2. The lowest BCUT2D eigenvalue weighted by atomic mass is 10.0. The molecule has 0 aliphatic carbocycles. The lowest BCUT2D eigenvalue weighted by Gasteiger charge is -2.22. The van der Waals surface area contributed by atoms with E-state index in [0.29, 0.717) is 24.7 Å². The number of nitrogens with zero attached hydrogens (tertiary/aromatic N) is 1. The number of rotatable bonds is 30. The molecule has 0 saturated carbocycles. The highest BCUT2D eigenvalue weighted by Gasteiger charge is 2.26. The zero-order valence-electron chi connectivity index (χ0n) is 31.4. The molecule has 0 heterocycles. The second kappa shape index (κ2) is 28.2. The van der Waals surface area contributed by atoms with Crippen LogP contribution in [0.3, 0.4) is 0 Å².